The molecule has 164 valence electrons. The van der Waals surface area contributed by atoms with E-state index >= 15 is 0 Å². The minimum atomic E-state index is -3.90. The van der Waals surface area contributed by atoms with E-state index in [0.717, 1.165) is 11.1 Å². The van der Waals surface area contributed by atoms with Crippen molar-refractivity contribution >= 4 is 13.3 Å². The molecule has 1 aromatic heterocycles. The minimum absolute atomic E-state index is 0.0372. The highest BCUT2D eigenvalue weighted by Crippen LogP contribution is 2.59. The van der Waals surface area contributed by atoms with Gasteiger partial charge >= 0.3 is 5.97 Å². The molecule has 1 fully saturated rings. The maximum Gasteiger partial charge on any atom is 0.320 e. The monoisotopic (exact) mass is 438 g/mol. The molecule has 10 heteroatoms. The van der Waals surface area contributed by atoms with Gasteiger partial charge in [-0.15, -0.1) is 0 Å². The van der Waals surface area contributed by atoms with Crippen LogP contribution < -0.4 is 5.73 Å². The Morgan fingerprint density at radius 2 is 2.17 bits per heavy atom. The van der Waals surface area contributed by atoms with Crippen LogP contribution in [-0.2, 0) is 23.0 Å². The Kier molecular flexibility index (Phi) is 6.77. The van der Waals surface area contributed by atoms with Crippen molar-refractivity contribution in [1.29, 1.82) is 0 Å². The Balaban J connectivity index is 1.89. The number of aromatic nitrogens is 2. The van der Waals surface area contributed by atoms with E-state index in [-0.39, 0.29) is 24.9 Å². The number of aliphatic carboxylic acids is 1. The van der Waals surface area contributed by atoms with Gasteiger partial charge in [0, 0.05) is 44.6 Å². The summed E-state index contributed by atoms with van der Waals surface area (Å²) in [5.41, 5.74) is 7.75. The molecule has 0 radical (unpaired) electrons. The number of carboxylic acids is 1. The summed E-state index contributed by atoms with van der Waals surface area (Å²) >= 11 is 0. The number of carbonyl (C=O) groups is 1. The third kappa shape index (κ3) is 4.49. The van der Waals surface area contributed by atoms with E-state index in [1.807, 2.05) is 4.90 Å². The second kappa shape index (κ2) is 8.98. The van der Waals surface area contributed by atoms with Gasteiger partial charge in [-0.3, -0.25) is 18.9 Å². The molecule has 0 bridgehead atoms. The van der Waals surface area contributed by atoms with Crippen molar-refractivity contribution in [3.63, 3.8) is 0 Å². The van der Waals surface area contributed by atoms with Gasteiger partial charge in [0.05, 0.1) is 6.20 Å². The molecule has 8 nitrogen and oxygen atoms in total. The fourth-order valence-corrected chi connectivity index (χ4v) is 6.29. The van der Waals surface area contributed by atoms with Crippen molar-refractivity contribution in [3.05, 3.63) is 42.0 Å². The molecule has 3 rings (SSSR count). The fourth-order valence-electron chi connectivity index (χ4n) is 4.08. The third-order valence-electron chi connectivity index (χ3n) is 5.80. The van der Waals surface area contributed by atoms with E-state index in [1.165, 1.54) is 12.1 Å². The zero-order valence-electron chi connectivity index (χ0n) is 17.0. The van der Waals surface area contributed by atoms with E-state index in [9.17, 15) is 23.7 Å². The van der Waals surface area contributed by atoms with Gasteiger partial charge in [-0.2, -0.15) is 5.10 Å². The number of unbranched alkanes of at least 4 members (excludes halogenated alkanes) is 1. The topological polar surface area (TPSA) is 122 Å². The van der Waals surface area contributed by atoms with Crippen LogP contribution in [0, 0.1) is 5.82 Å². The lowest BCUT2D eigenvalue weighted by Crippen LogP contribution is -2.53. The molecule has 30 heavy (non-hydrogen) atoms. The van der Waals surface area contributed by atoms with Crippen molar-refractivity contribution in [3.8, 4) is 11.1 Å². The summed E-state index contributed by atoms with van der Waals surface area (Å²) in [6.07, 6.45) is 4.50. The first-order chi connectivity index (χ1) is 14.2. The summed E-state index contributed by atoms with van der Waals surface area (Å²) in [5, 5.41) is 12.4. The standard InChI is InChI=1S/C20H28FN4O4P/c1-24-12-16(11-23-24)18-10-17(21)5-4-15(18)13-25-8-9-30(28,29)20(14-25,19(26)27)6-2-3-7-22/h4-5,10-12H,2-3,6-9,13-14,22H2,1H3,(H,26,27)(H,28,29)/t20-/m0/s1. The number of nitrogens with zero attached hydrogens (tertiary/aromatic N) is 3. The highest BCUT2D eigenvalue weighted by molar-refractivity contribution is 7.61. The smallest absolute Gasteiger partial charge is 0.320 e. The number of benzene rings is 1. The zero-order chi connectivity index (χ0) is 21.9. The Hall–Kier alpha value is -2.06. The normalized spacial score (nSPS) is 24.8. The van der Waals surface area contributed by atoms with E-state index in [0.29, 0.717) is 38.0 Å². The quantitative estimate of drug-likeness (QED) is 0.427. The van der Waals surface area contributed by atoms with Crippen molar-refractivity contribution in [1.82, 2.24) is 14.7 Å². The van der Waals surface area contributed by atoms with Gasteiger partial charge < -0.3 is 15.7 Å². The number of halogens is 1. The van der Waals surface area contributed by atoms with Crippen LogP contribution in [0.5, 0.6) is 0 Å². The van der Waals surface area contributed by atoms with Gasteiger partial charge in [-0.1, -0.05) is 12.5 Å². The molecule has 0 saturated carbocycles. The summed E-state index contributed by atoms with van der Waals surface area (Å²) in [5.74, 6) is -1.63. The molecule has 1 saturated heterocycles. The Morgan fingerprint density at radius 1 is 1.40 bits per heavy atom. The second-order valence-corrected chi connectivity index (χ2v) is 10.6. The van der Waals surface area contributed by atoms with Crippen molar-refractivity contribution < 1.29 is 23.7 Å². The van der Waals surface area contributed by atoms with Gasteiger partial charge in [-0.05, 0) is 42.6 Å². The molecule has 1 unspecified atom stereocenters. The van der Waals surface area contributed by atoms with Crippen LogP contribution in [0.1, 0.15) is 24.8 Å². The van der Waals surface area contributed by atoms with E-state index in [1.54, 1.807) is 30.2 Å². The Bertz CT molecular complexity index is 966. The largest absolute Gasteiger partial charge is 0.480 e. The SMILES string of the molecule is Cn1cc(-c2cc(F)ccc2CN2CCP(=O)(O)[C@](CCCCN)(C(=O)O)C2)cn1. The molecule has 1 aliphatic rings. The van der Waals surface area contributed by atoms with E-state index in [2.05, 4.69) is 5.10 Å². The highest BCUT2D eigenvalue weighted by atomic mass is 31.2. The molecule has 2 aromatic rings. The summed E-state index contributed by atoms with van der Waals surface area (Å²) in [7, 11) is -2.12. The molecular formula is C20H28FN4O4P. The van der Waals surface area contributed by atoms with Crippen molar-refractivity contribution in [2.75, 3.05) is 25.8 Å². The molecule has 1 aromatic carbocycles. The van der Waals surface area contributed by atoms with Crippen LogP contribution in [0.3, 0.4) is 0 Å². The lowest BCUT2D eigenvalue weighted by Gasteiger charge is -2.43. The van der Waals surface area contributed by atoms with Crippen LogP contribution >= 0.6 is 7.37 Å². The van der Waals surface area contributed by atoms with Crippen molar-refractivity contribution in [2.24, 2.45) is 12.8 Å². The third-order valence-corrected chi connectivity index (χ3v) is 8.50. The molecular weight excluding hydrogens is 410 g/mol. The van der Waals surface area contributed by atoms with Gasteiger partial charge in [-0.25, -0.2) is 4.39 Å². The second-order valence-electron chi connectivity index (χ2n) is 7.92. The van der Waals surface area contributed by atoms with Crippen LogP contribution in [0.4, 0.5) is 4.39 Å². The molecule has 4 N–H and O–H groups in total. The molecule has 0 spiro atoms. The molecule has 0 amide bonds. The van der Waals surface area contributed by atoms with Gasteiger partial charge in [0.2, 0.25) is 7.37 Å². The maximum absolute atomic E-state index is 13.9. The molecule has 2 atom stereocenters. The first kappa shape index (κ1) is 22.6. The van der Waals surface area contributed by atoms with Gasteiger partial charge in [0.1, 0.15) is 5.82 Å². The van der Waals surface area contributed by atoms with Crippen LogP contribution in [-0.4, -0.2) is 61.6 Å². The van der Waals surface area contributed by atoms with Crippen LogP contribution in [0.2, 0.25) is 0 Å². The highest BCUT2D eigenvalue weighted by Gasteiger charge is 2.56. The predicted octanol–water partition coefficient (Wildman–Crippen LogP) is 2.26. The number of hydrogen-bond donors (Lipinski definition) is 3. The molecule has 2 heterocycles. The number of carboxylic acid groups (broad SMARTS) is 1. The summed E-state index contributed by atoms with van der Waals surface area (Å²) in [6.45, 7) is 1.00. The van der Waals surface area contributed by atoms with Crippen LogP contribution in [0.15, 0.2) is 30.6 Å². The number of nitrogens with two attached hydrogens (primary N) is 1. The zero-order valence-corrected chi connectivity index (χ0v) is 17.9. The number of aryl methyl sites for hydroxylation is 1. The van der Waals surface area contributed by atoms with Gasteiger partial charge in [0.15, 0.2) is 5.16 Å². The van der Waals surface area contributed by atoms with E-state index < -0.39 is 18.5 Å². The minimum Gasteiger partial charge on any atom is -0.480 e. The lowest BCUT2D eigenvalue weighted by molar-refractivity contribution is -0.141. The molecule has 0 aliphatic carbocycles. The Morgan fingerprint density at radius 3 is 2.80 bits per heavy atom. The van der Waals surface area contributed by atoms with Gasteiger partial charge in [0.25, 0.3) is 0 Å². The molecule has 1 aliphatic heterocycles. The average molecular weight is 438 g/mol. The first-order valence-corrected chi connectivity index (χ1v) is 11.8. The summed E-state index contributed by atoms with van der Waals surface area (Å²) in [4.78, 5) is 24.6. The predicted molar refractivity (Wildman–Crippen MR) is 112 cm³/mol. The van der Waals surface area contributed by atoms with Crippen LogP contribution in [0.25, 0.3) is 11.1 Å². The maximum atomic E-state index is 13.9. The first-order valence-electron chi connectivity index (χ1n) is 9.94. The fraction of sp³-hybridized carbons (Fsp3) is 0.500. The number of rotatable bonds is 8. The van der Waals surface area contributed by atoms with Crippen molar-refractivity contribution in [2.45, 2.75) is 31.0 Å². The number of hydrogen-bond acceptors (Lipinski definition) is 5. The summed E-state index contributed by atoms with van der Waals surface area (Å²) < 4.78 is 28.5. The lowest BCUT2D eigenvalue weighted by atomic mass is 9.98. The van der Waals surface area contributed by atoms with E-state index in [4.69, 9.17) is 5.73 Å². The summed E-state index contributed by atoms with van der Waals surface area (Å²) in [6, 6.07) is 4.46. The Labute approximate surface area is 174 Å². The average Bonchev–Trinajstić information content (AvgIpc) is 3.11.